The fourth-order valence-electron chi connectivity index (χ4n) is 1.17. The molecule has 1 aromatic heterocycles. The summed E-state index contributed by atoms with van der Waals surface area (Å²) >= 11 is 1.74. The van der Waals surface area contributed by atoms with Gasteiger partial charge in [-0.3, -0.25) is 0 Å². The molecule has 0 saturated carbocycles. The SMILES string of the molecule is CNCCc1ccsc1CCO. The van der Waals surface area contributed by atoms with Crippen molar-refractivity contribution >= 4 is 11.3 Å². The number of hydrogen-bond donors (Lipinski definition) is 2. The molecule has 0 atom stereocenters. The summed E-state index contributed by atoms with van der Waals surface area (Å²) in [6.07, 6.45) is 1.87. The highest BCUT2D eigenvalue weighted by molar-refractivity contribution is 7.10. The van der Waals surface area contributed by atoms with Crippen LogP contribution in [0.15, 0.2) is 11.4 Å². The molecule has 0 amide bonds. The Bertz CT molecular complexity index is 222. The molecule has 0 aliphatic rings. The maximum Gasteiger partial charge on any atom is 0.0479 e. The fourth-order valence-corrected chi connectivity index (χ4v) is 2.10. The molecule has 1 rings (SSSR count). The summed E-state index contributed by atoms with van der Waals surface area (Å²) < 4.78 is 0. The van der Waals surface area contributed by atoms with Crippen molar-refractivity contribution in [1.82, 2.24) is 5.32 Å². The quantitative estimate of drug-likeness (QED) is 0.718. The largest absolute Gasteiger partial charge is 0.396 e. The van der Waals surface area contributed by atoms with E-state index in [1.165, 1.54) is 10.4 Å². The molecule has 12 heavy (non-hydrogen) atoms. The first-order chi connectivity index (χ1) is 5.88. The molecule has 0 aliphatic carbocycles. The van der Waals surface area contributed by atoms with E-state index in [4.69, 9.17) is 5.11 Å². The predicted octanol–water partition coefficient (Wildman–Crippen LogP) is 1.04. The molecule has 3 heteroatoms. The average molecular weight is 185 g/mol. The number of thiophene rings is 1. The number of hydrogen-bond acceptors (Lipinski definition) is 3. The summed E-state index contributed by atoms with van der Waals surface area (Å²) in [6, 6.07) is 2.15. The van der Waals surface area contributed by atoms with E-state index in [9.17, 15) is 0 Å². The Kier molecular flexibility index (Phi) is 4.29. The van der Waals surface area contributed by atoms with Gasteiger partial charge >= 0.3 is 0 Å². The van der Waals surface area contributed by atoms with E-state index in [2.05, 4.69) is 16.8 Å². The Morgan fingerprint density at radius 3 is 3.00 bits per heavy atom. The van der Waals surface area contributed by atoms with Crippen molar-refractivity contribution in [1.29, 1.82) is 0 Å². The maximum absolute atomic E-state index is 8.78. The lowest BCUT2D eigenvalue weighted by atomic mass is 10.1. The van der Waals surface area contributed by atoms with E-state index in [0.29, 0.717) is 0 Å². The van der Waals surface area contributed by atoms with Crippen molar-refractivity contribution in [3.8, 4) is 0 Å². The standard InChI is InChI=1S/C9H15NOS/c1-10-5-2-8-4-7-12-9(8)3-6-11/h4,7,10-11H,2-3,5-6H2,1H3. The van der Waals surface area contributed by atoms with Gasteiger partial charge in [-0.25, -0.2) is 0 Å². The summed E-state index contributed by atoms with van der Waals surface area (Å²) in [6.45, 7) is 1.27. The van der Waals surface area contributed by atoms with Gasteiger partial charge in [-0.05, 0) is 37.0 Å². The lowest BCUT2D eigenvalue weighted by molar-refractivity contribution is 0.300. The first-order valence-corrected chi connectivity index (χ1v) is 5.07. The lowest BCUT2D eigenvalue weighted by Crippen LogP contribution is -2.10. The number of likely N-dealkylation sites (N-methyl/N-ethyl adjacent to an activating group) is 1. The Labute approximate surface area is 77.2 Å². The van der Waals surface area contributed by atoms with Gasteiger partial charge in [0.25, 0.3) is 0 Å². The third kappa shape index (κ3) is 2.59. The summed E-state index contributed by atoms with van der Waals surface area (Å²) in [5.41, 5.74) is 1.38. The van der Waals surface area contributed by atoms with Gasteiger partial charge in [-0.2, -0.15) is 0 Å². The van der Waals surface area contributed by atoms with Gasteiger partial charge in [0.05, 0.1) is 0 Å². The van der Waals surface area contributed by atoms with E-state index in [1.807, 2.05) is 7.05 Å². The zero-order valence-electron chi connectivity index (χ0n) is 7.34. The number of aliphatic hydroxyl groups excluding tert-OH is 1. The maximum atomic E-state index is 8.78. The molecule has 2 N–H and O–H groups in total. The second-order valence-electron chi connectivity index (χ2n) is 2.70. The van der Waals surface area contributed by atoms with Crippen LogP contribution in [0.4, 0.5) is 0 Å². The molecular formula is C9H15NOS. The molecule has 0 aliphatic heterocycles. The van der Waals surface area contributed by atoms with Crippen molar-refractivity contribution in [3.05, 3.63) is 21.9 Å². The van der Waals surface area contributed by atoms with Gasteiger partial charge in [0.2, 0.25) is 0 Å². The Morgan fingerprint density at radius 2 is 2.33 bits per heavy atom. The van der Waals surface area contributed by atoms with Crippen molar-refractivity contribution in [2.24, 2.45) is 0 Å². The van der Waals surface area contributed by atoms with Crippen LogP contribution in [0.2, 0.25) is 0 Å². The van der Waals surface area contributed by atoms with Gasteiger partial charge in [-0.1, -0.05) is 0 Å². The normalized spacial score (nSPS) is 10.5. The van der Waals surface area contributed by atoms with Crippen molar-refractivity contribution in [2.45, 2.75) is 12.8 Å². The molecule has 0 radical (unpaired) electrons. The van der Waals surface area contributed by atoms with Gasteiger partial charge in [-0.15, -0.1) is 11.3 Å². The van der Waals surface area contributed by atoms with Crippen LogP contribution < -0.4 is 5.32 Å². The topological polar surface area (TPSA) is 32.3 Å². The van der Waals surface area contributed by atoms with Gasteiger partial charge in [0, 0.05) is 17.9 Å². The number of rotatable bonds is 5. The third-order valence-electron chi connectivity index (χ3n) is 1.82. The zero-order valence-corrected chi connectivity index (χ0v) is 8.16. The Morgan fingerprint density at radius 1 is 1.50 bits per heavy atom. The number of aliphatic hydroxyl groups is 1. The first-order valence-electron chi connectivity index (χ1n) is 4.19. The van der Waals surface area contributed by atoms with Crippen LogP contribution in [0.3, 0.4) is 0 Å². The molecule has 0 fully saturated rings. The lowest BCUT2D eigenvalue weighted by Gasteiger charge is -2.00. The second-order valence-corrected chi connectivity index (χ2v) is 3.70. The predicted molar refractivity (Wildman–Crippen MR) is 52.7 cm³/mol. The molecule has 1 aromatic rings. The smallest absolute Gasteiger partial charge is 0.0479 e. The molecule has 0 unspecified atom stereocenters. The fraction of sp³-hybridized carbons (Fsp3) is 0.556. The van der Waals surface area contributed by atoms with Crippen LogP contribution in [0.25, 0.3) is 0 Å². The first kappa shape index (κ1) is 9.71. The Hall–Kier alpha value is -0.380. The van der Waals surface area contributed by atoms with Crippen LogP contribution in [0, 0.1) is 0 Å². The van der Waals surface area contributed by atoms with Gasteiger partial charge in [0.15, 0.2) is 0 Å². The average Bonchev–Trinajstić information content (AvgIpc) is 2.50. The second kappa shape index (κ2) is 5.30. The number of nitrogens with one attached hydrogen (secondary N) is 1. The molecule has 0 bridgehead atoms. The van der Waals surface area contributed by atoms with Gasteiger partial charge in [0.1, 0.15) is 0 Å². The highest BCUT2D eigenvalue weighted by Gasteiger charge is 2.02. The van der Waals surface area contributed by atoms with E-state index < -0.39 is 0 Å². The molecule has 0 spiro atoms. The summed E-state index contributed by atoms with van der Waals surface area (Å²) in [4.78, 5) is 1.33. The molecule has 1 heterocycles. The minimum atomic E-state index is 0.257. The van der Waals surface area contributed by atoms with Crippen LogP contribution >= 0.6 is 11.3 Å². The minimum absolute atomic E-state index is 0.257. The molecular weight excluding hydrogens is 170 g/mol. The highest BCUT2D eigenvalue weighted by Crippen LogP contribution is 2.17. The van der Waals surface area contributed by atoms with Gasteiger partial charge < -0.3 is 10.4 Å². The zero-order chi connectivity index (χ0) is 8.81. The highest BCUT2D eigenvalue weighted by atomic mass is 32.1. The molecule has 2 nitrogen and oxygen atoms in total. The molecule has 0 aromatic carbocycles. The van der Waals surface area contributed by atoms with Crippen molar-refractivity contribution in [3.63, 3.8) is 0 Å². The summed E-state index contributed by atoms with van der Waals surface area (Å²) in [5.74, 6) is 0. The Balaban J connectivity index is 2.51. The van der Waals surface area contributed by atoms with E-state index in [1.54, 1.807) is 11.3 Å². The van der Waals surface area contributed by atoms with E-state index in [-0.39, 0.29) is 6.61 Å². The van der Waals surface area contributed by atoms with Crippen LogP contribution in [0.1, 0.15) is 10.4 Å². The molecule has 0 saturated heterocycles. The third-order valence-corrected chi connectivity index (χ3v) is 2.84. The van der Waals surface area contributed by atoms with Crippen molar-refractivity contribution in [2.75, 3.05) is 20.2 Å². The van der Waals surface area contributed by atoms with E-state index >= 15 is 0 Å². The molecule has 68 valence electrons. The van der Waals surface area contributed by atoms with Crippen LogP contribution in [-0.2, 0) is 12.8 Å². The minimum Gasteiger partial charge on any atom is -0.396 e. The van der Waals surface area contributed by atoms with E-state index in [0.717, 1.165) is 19.4 Å². The summed E-state index contributed by atoms with van der Waals surface area (Å²) in [5, 5.41) is 14.0. The monoisotopic (exact) mass is 185 g/mol. The summed E-state index contributed by atoms with van der Waals surface area (Å²) in [7, 11) is 1.96. The van der Waals surface area contributed by atoms with Crippen LogP contribution in [0.5, 0.6) is 0 Å². The van der Waals surface area contributed by atoms with Crippen LogP contribution in [-0.4, -0.2) is 25.3 Å². The van der Waals surface area contributed by atoms with Crippen molar-refractivity contribution < 1.29 is 5.11 Å².